The summed E-state index contributed by atoms with van der Waals surface area (Å²) in [6.45, 7) is -2.36. The lowest BCUT2D eigenvalue weighted by molar-refractivity contribution is -0.150. The summed E-state index contributed by atoms with van der Waals surface area (Å²) < 4.78 is 36.9. The largest absolute Gasteiger partial charge is 0.480 e. The molecule has 0 aromatic carbocycles. The summed E-state index contributed by atoms with van der Waals surface area (Å²) >= 11 is 0. The van der Waals surface area contributed by atoms with Crippen molar-refractivity contribution in [2.75, 3.05) is 26.2 Å². The second-order valence-electron chi connectivity index (χ2n) is 4.37. The van der Waals surface area contributed by atoms with Crippen molar-refractivity contribution in [3.63, 3.8) is 0 Å². The number of halogens is 3. The predicted molar refractivity (Wildman–Crippen MR) is 57.5 cm³/mol. The average molecular weight is 284 g/mol. The third-order valence-electron chi connectivity index (χ3n) is 2.70. The van der Waals surface area contributed by atoms with Crippen LogP contribution in [0, 0.1) is 0 Å². The van der Waals surface area contributed by atoms with Gasteiger partial charge in [-0.25, -0.2) is 4.79 Å². The summed E-state index contributed by atoms with van der Waals surface area (Å²) in [4.78, 5) is 23.7. The van der Waals surface area contributed by atoms with Crippen molar-refractivity contribution in [1.82, 2.24) is 9.80 Å². The second kappa shape index (κ2) is 6.09. The number of alkyl halides is 3. The fraction of sp³-hybridized carbons (Fsp3) is 0.800. The number of hydrogen-bond acceptors (Lipinski definition) is 3. The second-order valence-corrected chi connectivity index (χ2v) is 4.37. The van der Waals surface area contributed by atoms with E-state index >= 15 is 0 Å². The van der Waals surface area contributed by atoms with Gasteiger partial charge in [0.2, 0.25) is 0 Å². The Morgan fingerprint density at radius 2 is 1.79 bits per heavy atom. The maximum absolute atomic E-state index is 12.3. The van der Waals surface area contributed by atoms with E-state index in [1.807, 2.05) is 0 Å². The number of carboxylic acid groups (broad SMARTS) is 1. The van der Waals surface area contributed by atoms with E-state index < -0.39 is 37.4 Å². The Labute approximate surface area is 107 Å². The van der Waals surface area contributed by atoms with Gasteiger partial charge in [0.1, 0.15) is 13.1 Å². The minimum atomic E-state index is -4.65. The zero-order valence-electron chi connectivity index (χ0n) is 10.1. The first-order chi connectivity index (χ1) is 8.69. The van der Waals surface area contributed by atoms with Crippen molar-refractivity contribution in [2.45, 2.75) is 25.1 Å². The van der Waals surface area contributed by atoms with E-state index in [1.54, 1.807) is 0 Å². The molecule has 0 radical (unpaired) electrons. The number of carboxylic acids is 1. The zero-order valence-corrected chi connectivity index (χ0v) is 10.1. The molecule has 19 heavy (non-hydrogen) atoms. The van der Waals surface area contributed by atoms with Crippen LogP contribution in [-0.2, 0) is 4.79 Å². The Hall–Kier alpha value is -1.51. The van der Waals surface area contributed by atoms with Gasteiger partial charge in [0, 0.05) is 13.1 Å². The number of nitrogens with zero attached hydrogens (tertiary/aromatic N) is 2. The highest BCUT2D eigenvalue weighted by molar-refractivity contribution is 5.80. The third-order valence-corrected chi connectivity index (χ3v) is 2.70. The van der Waals surface area contributed by atoms with Gasteiger partial charge >= 0.3 is 18.2 Å². The Morgan fingerprint density at radius 3 is 2.21 bits per heavy atom. The fourth-order valence-electron chi connectivity index (χ4n) is 1.83. The van der Waals surface area contributed by atoms with Crippen molar-refractivity contribution >= 4 is 12.0 Å². The van der Waals surface area contributed by atoms with E-state index in [4.69, 9.17) is 5.11 Å². The van der Waals surface area contributed by atoms with Crippen molar-refractivity contribution in [3.8, 4) is 0 Å². The zero-order chi connectivity index (χ0) is 14.6. The highest BCUT2D eigenvalue weighted by Gasteiger charge is 2.36. The predicted octanol–water partition coefficient (Wildman–Crippen LogP) is 0.512. The highest BCUT2D eigenvalue weighted by Crippen LogP contribution is 2.19. The molecular formula is C10H15F3N2O4. The lowest BCUT2D eigenvalue weighted by atomic mass is 10.1. The first-order valence-electron chi connectivity index (χ1n) is 5.69. The van der Waals surface area contributed by atoms with Gasteiger partial charge in [-0.2, -0.15) is 13.2 Å². The summed E-state index contributed by atoms with van der Waals surface area (Å²) in [7, 11) is 0. The van der Waals surface area contributed by atoms with E-state index in [1.165, 1.54) is 0 Å². The van der Waals surface area contributed by atoms with Crippen LogP contribution >= 0.6 is 0 Å². The first-order valence-corrected chi connectivity index (χ1v) is 5.69. The number of piperidine rings is 1. The number of aliphatic carboxylic acids is 1. The van der Waals surface area contributed by atoms with Crippen LogP contribution in [0.4, 0.5) is 18.0 Å². The number of hydrogen-bond donors (Lipinski definition) is 2. The maximum Gasteiger partial charge on any atom is 0.406 e. The molecule has 1 aliphatic heterocycles. The average Bonchev–Trinajstić information content (AvgIpc) is 2.25. The molecule has 1 aliphatic rings. The molecule has 2 amide bonds. The molecule has 0 unspecified atom stereocenters. The van der Waals surface area contributed by atoms with Crippen LogP contribution in [0.25, 0.3) is 0 Å². The minimum absolute atomic E-state index is 0.119. The number of amides is 2. The van der Waals surface area contributed by atoms with Crippen LogP contribution in [0.15, 0.2) is 0 Å². The van der Waals surface area contributed by atoms with E-state index in [-0.39, 0.29) is 30.8 Å². The normalized spacial score (nSPS) is 17.4. The number of aliphatic hydroxyl groups is 1. The van der Waals surface area contributed by atoms with Crippen LogP contribution in [-0.4, -0.2) is 70.5 Å². The van der Waals surface area contributed by atoms with Gasteiger partial charge in [-0.3, -0.25) is 4.79 Å². The van der Waals surface area contributed by atoms with Gasteiger partial charge < -0.3 is 20.0 Å². The van der Waals surface area contributed by atoms with Gasteiger partial charge in [0.15, 0.2) is 0 Å². The van der Waals surface area contributed by atoms with Crippen LogP contribution in [0.5, 0.6) is 0 Å². The molecule has 1 rings (SSSR count). The molecule has 0 aromatic heterocycles. The number of rotatable bonds is 3. The highest BCUT2D eigenvalue weighted by atomic mass is 19.4. The van der Waals surface area contributed by atoms with E-state index in [0.29, 0.717) is 0 Å². The Bertz CT molecular complexity index is 340. The van der Waals surface area contributed by atoms with E-state index in [0.717, 1.165) is 4.90 Å². The lowest BCUT2D eigenvalue weighted by Crippen LogP contribution is -2.51. The monoisotopic (exact) mass is 284 g/mol. The molecule has 1 saturated heterocycles. The molecule has 0 aliphatic carbocycles. The minimum Gasteiger partial charge on any atom is -0.480 e. The first kappa shape index (κ1) is 15.5. The van der Waals surface area contributed by atoms with Crippen LogP contribution in [0.3, 0.4) is 0 Å². The summed E-state index contributed by atoms with van der Waals surface area (Å²) in [5, 5.41) is 17.8. The molecule has 1 heterocycles. The summed E-state index contributed by atoms with van der Waals surface area (Å²) in [6.07, 6.45) is -4.67. The van der Waals surface area contributed by atoms with Crippen LogP contribution in [0.1, 0.15) is 12.8 Å². The van der Waals surface area contributed by atoms with Crippen LogP contribution < -0.4 is 0 Å². The fourth-order valence-corrected chi connectivity index (χ4v) is 1.83. The lowest BCUT2D eigenvalue weighted by Gasteiger charge is -2.34. The SMILES string of the molecule is O=C(O)CN(CC(F)(F)F)C(=O)N1CCC(O)CC1. The summed E-state index contributed by atoms with van der Waals surface area (Å²) in [5.74, 6) is -1.50. The molecule has 0 saturated carbocycles. The Morgan fingerprint density at radius 1 is 1.26 bits per heavy atom. The molecule has 0 aromatic rings. The van der Waals surface area contributed by atoms with Crippen molar-refractivity contribution in [2.24, 2.45) is 0 Å². The molecule has 0 spiro atoms. The van der Waals surface area contributed by atoms with Gasteiger partial charge in [-0.1, -0.05) is 0 Å². The van der Waals surface area contributed by atoms with Gasteiger partial charge in [-0.05, 0) is 12.8 Å². The van der Waals surface area contributed by atoms with Gasteiger partial charge in [0.05, 0.1) is 6.10 Å². The number of carbonyl (C=O) groups excluding carboxylic acids is 1. The quantitative estimate of drug-likeness (QED) is 0.791. The van der Waals surface area contributed by atoms with E-state index in [9.17, 15) is 27.9 Å². The molecular weight excluding hydrogens is 269 g/mol. The Kier molecular flexibility index (Phi) is 4.98. The van der Waals surface area contributed by atoms with Crippen molar-refractivity contribution in [3.05, 3.63) is 0 Å². The van der Waals surface area contributed by atoms with Crippen molar-refractivity contribution < 1.29 is 33.0 Å². The Balaban J connectivity index is 2.68. The smallest absolute Gasteiger partial charge is 0.406 e. The molecule has 6 nitrogen and oxygen atoms in total. The van der Waals surface area contributed by atoms with Gasteiger partial charge in [-0.15, -0.1) is 0 Å². The van der Waals surface area contributed by atoms with Crippen LogP contribution in [0.2, 0.25) is 0 Å². The number of urea groups is 1. The molecule has 0 atom stereocenters. The van der Waals surface area contributed by atoms with E-state index in [2.05, 4.69) is 0 Å². The molecule has 110 valence electrons. The number of aliphatic hydroxyl groups excluding tert-OH is 1. The summed E-state index contributed by atoms with van der Waals surface area (Å²) in [5.41, 5.74) is 0. The standard InChI is InChI=1S/C10H15F3N2O4/c11-10(12,13)6-15(5-8(17)18)9(19)14-3-1-7(16)2-4-14/h7,16H,1-6H2,(H,17,18). The summed E-state index contributed by atoms with van der Waals surface area (Å²) in [6, 6.07) is -0.966. The number of carbonyl (C=O) groups is 2. The number of likely N-dealkylation sites (tertiary alicyclic amines) is 1. The topological polar surface area (TPSA) is 81.1 Å². The molecule has 2 N–H and O–H groups in total. The molecule has 9 heteroatoms. The third kappa shape index (κ3) is 5.33. The van der Waals surface area contributed by atoms with Crippen molar-refractivity contribution in [1.29, 1.82) is 0 Å². The molecule has 1 fully saturated rings. The maximum atomic E-state index is 12.3. The van der Waals surface area contributed by atoms with Gasteiger partial charge in [0.25, 0.3) is 0 Å². The molecule has 0 bridgehead atoms.